The number of phenols is 1. The number of carbonyl (C=O) groups is 2. The summed E-state index contributed by atoms with van der Waals surface area (Å²) in [4.78, 5) is 31.5. The van der Waals surface area contributed by atoms with Crippen LogP contribution in [-0.4, -0.2) is 72.5 Å². The van der Waals surface area contributed by atoms with E-state index in [9.17, 15) is 14.7 Å². The van der Waals surface area contributed by atoms with Gasteiger partial charge in [0, 0.05) is 38.4 Å². The Morgan fingerprint density at radius 2 is 1.71 bits per heavy atom. The molecule has 31 heavy (non-hydrogen) atoms. The van der Waals surface area contributed by atoms with Gasteiger partial charge in [0.25, 0.3) is 0 Å². The lowest BCUT2D eigenvalue weighted by Crippen LogP contribution is -2.51. The maximum absolute atomic E-state index is 12.8. The molecule has 0 aliphatic carbocycles. The van der Waals surface area contributed by atoms with Crippen LogP contribution in [0.15, 0.2) is 48.5 Å². The Bertz CT molecular complexity index is 925. The first-order valence-corrected chi connectivity index (χ1v) is 10.7. The van der Waals surface area contributed by atoms with Crippen LogP contribution in [0.3, 0.4) is 0 Å². The molecule has 0 spiro atoms. The second-order valence-electron chi connectivity index (χ2n) is 8.18. The average molecular weight is 424 g/mol. The highest BCUT2D eigenvalue weighted by Gasteiger charge is 2.31. The molecule has 2 heterocycles. The Hall–Kier alpha value is -3.26. The molecule has 0 radical (unpaired) electrons. The SMILES string of the molecule is Nc1ccccc1N1CCN(C(=O)CN2CCC(C(=O)Nc3ccc(O)cc3)C2)CC1. The summed E-state index contributed by atoms with van der Waals surface area (Å²) < 4.78 is 0. The van der Waals surface area contributed by atoms with Gasteiger partial charge in [-0.2, -0.15) is 0 Å². The van der Waals surface area contributed by atoms with Gasteiger partial charge in [-0.25, -0.2) is 0 Å². The Balaban J connectivity index is 1.23. The summed E-state index contributed by atoms with van der Waals surface area (Å²) in [6.45, 7) is 4.53. The molecule has 0 aromatic heterocycles. The molecule has 2 saturated heterocycles. The van der Waals surface area contributed by atoms with Crippen LogP contribution in [0.2, 0.25) is 0 Å². The Morgan fingerprint density at radius 1 is 1.00 bits per heavy atom. The van der Waals surface area contributed by atoms with E-state index in [1.807, 2.05) is 29.2 Å². The standard InChI is InChI=1S/C23H29N5O3/c24-20-3-1-2-4-21(20)27-11-13-28(14-12-27)22(30)16-26-10-9-17(15-26)23(31)25-18-5-7-19(29)8-6-18/h1-8,17,29H,9-16,24H2,(H,25,31). The van der Waals surface area contributed by atoms with Crippen LogP contribution < -0.4 is 16.0 Å². The summed E-state index contributed by atoms with van der Waals surface area (Å²) in [5.41, 5.74) is 8.52. The molecule has 0 bridgehead atoms. The number of para-hydroxylation sites is 2. The minimum Gasteiger partial charge on any atom is -0.508 e. The van der Waals surface area contributed by atoms with E-state index < -0.39 is 0 Å². The molecule has 164 valence electrons. The highest BCUT2D eigenvalue weighted by Crippen LogP contribution is 2.24. The minimum absolute atomic E-state index is 0.0466. The lowest BCUT2D eigenvalue weighted by Gasteiger charge is -2.37. The predicted octanol–water partition coefficient (Wildman–Crippen LogP) is 1.58. The van der Waals surface area contributed by atoms with Crippen molar-refractivity contribution in [2.24, 2.45) is 5.92 Å². The van der Waals surface area contributed by atoms with Gasteiger partial charge in [-0.3, -0.25) is 14.5 Å². The summed E-state index contributed by atoms with van der Waals surface area (Å²) in [6.07, 6.45) is 0.734. The second-order valence-corrected chi connectivity index (χ2v) is 8.18. The molecule has 2 aromatic carbocycles. The second kappa shape index (κ2) is 9.26. The summed E-state index contributed by atoms with van der Waals surface area (Å²) in [5, 5.41) is 12.2. The van der Waals surface area contributed by atoms with E-state index in [-0.39, 0.29) is 23.5 Å². The molecule has 4 rings (SSSR count). The van der Waals surface area contributed by atoms with Crippen molar-refractivity contribution in [1.82, 2.24) is 9.80 Å². The number of carbonyl (C=O) groups excluding carboxylic acids is 2. The molecule has 2 aliphatic heterocycles. The topological polar surface area (TPSA) is 102 Å². The van der Waals surface area contributed by atoms with Gasteiger partial charge < -0.3 is 26.0 Å². The van der Waals surface area contributed by atoms with Crippen molar-refractivity contribution in [2.45, 2.75) is 6.42 Å². The predicted molar refractivity (Wildman–Crippen MR) is 121 cm³/mol. The van der Waals surface area contributed by atoms with Gasteiger partial charge in [0.1, 0.15) is 5.75 Å². The van der Waals surface area contributed by atoms with Crippen LogP contribution in [0, 0.1) is 5.92 Å². The molecular formula is C23H29N5O3. The third-order valence-corrected chi connectivity index (χ3v) is 6.05. The lowest BCUT2D eigenvalue weighted by atomic mass is 10.1. The van der Waals surface area contributed by atoms with Crippen molar-refractivity contribution >= 4 is 28.9 Å². The average Bonchev–Trinajstić information content (AvgIpc) is 3.24. The number of hydrogen-bond acceptors (Lipinski definition) is 6. The van der Waals surface area contributed by atoms with Crippen LogP contribution in [0.1, 0.15) is 6.42 Å². The van der Waals surface area contributed by atoms with Gasteiger partial charge in [-0.15, -0.1) is 0 Å². The van der Waals surface area contributed by atoms with E-state index in [1.54, 1.807) is 24.3 Å². The van der Waals surface area contributed by atoms with Crippen molar-refractivity contribution in [1.29, 1.82) is 0 Å². The normalized spacial score (nSPS) is 19.4. The Morgan fingerprint density at radius 3 is 2.42 bits per heavy atom. The number of phenolic OH excluding ortho intramolecular Hbond substituents is 1. The van der Waals surface area contributed by atoms with E-state index in [0.29, 0.717) is 31.9 Å². The quantitative estimate of drug-likeness (QED) is 0.499. The zero-order chi connectivity index (χ0) is 21.8. The number of nitrogen functional groups attached to an aromatic ring is 1. The number of nitrogens with two attached hydrogens (primary N) is 1. The summed E-state index contributed by atoms with van der Waals surface area (Å²) in [7, 11) is 0. The molecule has 1 unspecified atom stereocenters. The zero-order valence-electron chi connectivity index (χ0n) is 17.5. The molecule has 0 saturated carbocycles. The molecule has 8 heteroatoms. The van der Waals surface area contributed by atoms with Gasteiger partial charge in [0.05, 0.1) is 23.8 Å². The van der Waals surface area contributed by atoms with Crippen molar-refractivity contribution < 1.29 is 14.7 Å². The Labute approximate surface area is 182 Å². The van der Waals surface area contributed by atoms with Crippen LogP contribution in [0.25, 0.3) is 0 Å². The van der Waals surface area contributed by atoms with E-state index in [2.05, 4.69) is 15.1 Å². The number of rotatable bonds is 5. The van der Waals surface area contributed by atoms with Crippen LogP contribution in [-0.2, 0) is 9.59 Å². The fourth-order valence-electron chi connectivity index (χ4n) is 4.24. The van der Waals surface area contributed by atoms with Crippen molar-refractivity contribution in [2.75, 3.05) is 61.8 Å². The minimum atomic E-state index is -0.139. The lowest BCUT2D eigenvalue weighted by molar-refractivity contribution is -0.132. The molecule has 2 amide bonds. The smallest absolute Gasteiger partial charge is 0.236 e. The van der Waals surface area contributed by atoms with Crippen molar-refractivity contribution in [3.63, 3.8) is 0 Å². The van der Waals surface area contributed by atoms with Crippen LogP contribution in [0.4, 0.5) is 17.1 Å². The molecule has 2 aliphatic rings. The first-order chi connectivity index (χ1) is 15.0. The molecule has 1 atom stereocenters. The fraction of sp³-hybridized carbons (Fsp3) is 0.391. The molecule has 8 nitrogen and oxygen atoms in total. The first kappa shape index (κ1) is 21.0. The van der Waals surface area contributed by atoms with E-state index in [4.69, 9.17) is 5.73 Å². The summed E-state index contributed by atoms with van der Waals surface area (Å²) in [5.74, 6) is 0.0890. The summed E-state index contributed by atoms with van der Waals surface area (Å²) >= 11 is 0. The largest absolute Gasteiger partial charge is 0.508 e. The molecule has 2 aromatic rings. The van der Waals surface area contributed by atoms with E-state index in [1.165, 1.54) is 0 Å². The van der Waals surface area contributed by atoms with Gasteiger partial charge in [-0.1, -0.05) is 12.1 Å². The first-order valence-electron chi connectivity index (χ1n) is 10.7. The number of nitrogens with zero attached hydrogens (tertiary/aromatic N) is 3. The number of nitrogens with one attached hydrogen (secondary N) is 1. The number of hydrogen-bond donors (Lipinski definition) is 3. The summed E-state index contributed by atoms with van der Waals surface area (Å²) in [6, 6.07) is 14.2. The number of anilines is 3. The zero-order valence-corrected chi connectivity index (χ0v) is 17.5. The van der Waals surface area contributed by atoms with Crippen LogP contribution >= 0.6 is 0 Å². The third-order valence-electron chi connectivity index (χ3n) is 6.05. The van der Waals surface area contributed by atoms with Gasteiger partial charge in [-0.05, 0) is 49.4 Å². The fourth-order valence-corrected chi connectivity index (χ4v) is 4.24. The van der Waals surface area contributed by atoms with Crippen molar-refractivity contribution in [3.8, 4) is 5.75 Å². The van der Waals surface area contributed by atoms with Crippen LogP contribution in [0.5, 0.6) is 5.75 Å². The maximum Gasteiger partial charge on any atom is 0.236 e. The maximum atomic E-state index is 12.8. The molecule has 2 fully saturated rings. The van der Waals surface area contributed by atoms with Gasteiger partial charge in [0.2, 0.25) is 11.8 Å². The highest BCUT2D eigenvalue weighted by molar-refractivity contribution is 5.93. The number of aromatic hydroxyl groups is 1. The molecular weight excluding hydrogens is 394 g/mol. The van der Waals surface area contributed by atoms with Gasteiger partial charge in [0.15, 0.2) is 0 Å². The van der Waals surface area contributed by atoms with E-state index in [0.717, 1.165) is 37.4 Å². The Kier molecular flexibility index (Phi) is 6.27. The van der Waals surface area contributed by atoms with E-state index >= 15 is 0 Å². The highest BCUT2D eigenvalue weighted by atomic mass is 16.3. The number of likely N-dealkylation sites (tertiary alicyclic amines) is 1. The van der Waals surface area contributed by atoms with Gasteiger partial charge >= 0.3 is 0 Å². The molecule has 4 N–H and O–H groups in total. The van der Waals surface area contributed by atoms with Crippen molar-refractivity contribution in [3.05, 3.63) is 48.5 Å². The number of amides is 2. The third kappa shape index (κ3) is 5.08. The number of benzene rings is 2. The number of piperazine rings is 1. The monoisotopic (exact) mass is 423 g/mol.